The molecule has 2 aromatic carbocycles. The van der Waals surface area contributed by atoms with Crippen molar-refractivity contribution in [2.24, 2.45) is 0 Å². The van der Waals surface area contributed by atoms with Gasteiger partial charge in [0.25, 0.3) is 0 Å². The Morgan fingerprint density at radius 1 is 1.00 bits per heavy atom. The van der Waals surface area contributed by atoms with Gasteiger partial charge in [0.15, 0.2) is 0 Å². The summed E-state index contributed by atoms with van der Waals surface area (Å²) in [5.41, 5.74) is 1.54. The molecule has 3 aromatic rings. The topological polar surface area (TPSA) is 48.2 Å². The number of ether oxygens (including phenoxy) is 1. The zero-order chi connectivity index (χ0) is 19.1. The second-order valence-corrected chi connectivity index (χ2v) is 6.99. The van der Waals surface area contributed by atoms with Crippen LogP contribution in [0.5, 0.6) is 0 Å². The maximum atomic E-state index is 12.7. The van der Waals surface area contributed by atoms with Gasteiger partial charge in [-0.05, 0) is 42.7 Å². The van der Waals surface area contributed by atoms with Crippen molar-refractivity contribution in [3.8, 4) is 11.5 Å². The minimum absolute atomic E-state index is 0.256. The predicted octanol–water partition coefficient (Wildman–Crippen LogP) is 4.63. The van der Waals surface area contributed by atoms with Gasteiger partial charge in [-0.15, -0.1) is 10.2 Å². The Labute approximate surface area is 154 Å². The molecule has 1 fully saturated rings. The third-order valence-corrected chi connectivity index (χ3v) is 4.71. The minimum Gasteiger partial charge on any atom is -0.420 e. The molecule has 1 aromatic heterocycles. The highest BCUT2D eigenvalue weighted by Gasteiger charge is 2.40. The number of hydrogen-bond donors (Lipinski definition) is 0. The Bertz CT molecular complexity index is 944. The summed E-state index contributed by atoms with van der Waals surface area (Å²) in [4.78, 5) is 0. The van der Waals surface area contributed by atoms with E-state index in [1.807, 2.05) is 31.2 Å². The molecular weight excluding hydrogens is 357 g/mol. The monoisotopic (exact) mass is 374 g/mol. The lowest BCUT2D eigenvalue weighted by Crippen LogP contribution is -2.44. The molecule has 0 radical (unpaired) electrons. The van der Waals surface area contributed by atoms with Crippen LogP contribution >= 0.6 is 0 Å². The van der Waals surface area contributed by atoms with Crippen molar-refractivity contribution >= 4 is 0 Å². The van der Waals surface area contributed by atoms with Gasteiger partial charge >= 0.3 is 6.18 Å². The molecule has 4 rings (SSSR count). The van der Waals surface area contributed by atoms with Crippen LogP contribution in [0.25, 0.3) is 11.5 Å². The standard InChI is InChI=1S/C20H17F3N2O2/c1-19(11-26-12-19)18-25-24-17(27-18)16-5-3-2-4-14(16)10-13-6-8-15(9-7-13)20(21,22)23/h2-9H,10-12H2,1H3. The Morgan fingerprint density at radius 3 is 2.33 bits per heavy atom. The van der Waals surface area contributed by atoms with Crippen LogP contribution in [-0.2, 0) is 22.7 Å². The smallest absolute Gasteiger partial charge is 0.416 e. The van der Waals surface area contributed by atoms with Gasteiger partial charge in [0.2, 0.25) is 11.8 Å². The van der Waals surface area contributed by atoms with E-state index in [4.69, 9.17) is 9.15 Å². The van der Waals surface area contributed by atoms with Gasteiger partial charge in [-0.2, -0.15) is 13.2 Å². The molecule has 0 unspecified atom stereocenters. The summed E-state index contributed by atoms with van der Waals surface area (Å²) < 4.78 is 49.3. The number of alkyl halides is 3. The van der Waals surface area contributed by atoms with Crippen molar-refractivity contribution in [3.63, 3.8) is 0 Å². The van der Waals surface area contributed by atoms with Crippen LogP contribution in [0.2, 0.25) is 0 Å². The van der Waals surface area contributed by atoms with E-state index in [0.717, 1.165) is 28.8 Å². The van der Waals surface area contributed by atoms with Crippen LogP contribution in [-0.4, -0.2) is 23.4 Å². The van der Waals surface area contributed by atoms with Gasteiger partial charge < -0.3 is 9.15 Å². The van der Waals surface area contributed by atoms with Crippen LogP contribution in [0.4, 0.5) is 13.2 Å². The maximum absolute atomic E-state index is 12.7. The van der Waals surface area contributed by atoms with Crippen LogP contribution < -0.4 is 0 Å². The van der Waals surface area contributed by atoms with Crippen molar-refractivity contribution < 1.29 is 22.3 Å². The lowest BCUT2D eigenvalue weighted by molar-refractivity contribution is -0.137. The van der Waals surface area contributed by atoms with Crippen LogP contribution in [0.1, 0.15) is 29.5 Å². The zero-order valence-electron chi connectivity index (χ0n) is 14.6. The van der Waals surface area contributed by atoms with Crippen LogP contribution in [0.15, 0.2) is 52.9 Å². The van der Waals surface area contributed by atoms with E-state index < -0.39 is 11.7 Å². The number of benzene rings is 2. The lowest BCUT2D eigenvalue weighted by Gasteiger charge is -2.34. The quantitative estimate of drug-likeness (QED) is 0.668. The average molecular weight is 374 g/mol. The van der Waals surface area contributed by atoms with Crippen molar-refractivity contribution in [2.45, 2.75) is 24.9 Å². The molecule has 140 valence electrons. The fraction of sp³-hybridized carbons (Fsp3) is 0.300. The summed E-state index contributed by atoms with van der Waals surface area (Å²) in [5.74, 6) is 0.939. The molecule has 0 atom stereocenters. The first-order chi connectivity index (χ1) is 12.9. The molecule has 0 N–H and O–H groups in total. The van der Waals surface area contributed by atoms with Crippen molar-refractivity contribution in [2.75, 3.05) is 13.2 Å². The number of hydrogen-bond acceptors (Lipinski definition) is 4. The Morgan fingerprint density at radius 2 is 1.70 bits per heavy atom. The fourth-order valence-corrected chi connectivity index (χ4v) is 3.02. The lowest BCUT2D eigenvalue weighted by atomic mass is 9.89. The normalized spacial score (nSPS) is 16.1. The molecular formula is C20H17F3N2O2. The van der Waals surface area contributed by atoms with Gasteiger partial charge in [-0.3, -0.25) is 0 Å². The van der Waals surface area contributed by atoms with Gasteiger partial charge in [0, 0.05) is 5.56 Å². The third-order valence-electron chi connectivity index (χ3n) is 4.71. The Balaban J connectivity index is 1.60. The van der Waals surface area contributed by atoms with E-state index in [9.17, 15) is 13.2 Å². The van der Waals surface area contributed by atoms with Crippen molar-refractivity contribution in [1.29, 1.82) is 0 Å². The molecule has 0 aliphatic carbocycles. The summed E-state index contributed by atoms with van der Waals surface area (Å²) >= 11 is 0. The first-order valence-electron chi connectivity index (χ1n) is 8.51. The summed E-state index contributed by atoms with van der Waals surface area (Å²) in [6.45, 7) is 3.09. The molecule has 0 spiro atoms. The highest BCUT2D eigenvalue weighted by atomic mass is 19.4. The van der Waals surface area contributed by atoms with E-state index in [1.54, 1.807) is 0 Å². The second-order valence-electron chi connectivity index (χ2n) is 6.99. The number of rotatable bonds is 4. The number of aromatic nitrogens is 2. The Hall–Kier alpha value is -2.67. The van der Waals surface area contributed by atoms with Crippen molar-refractivity contribution in [3.05, 3.63) is 71.1 Å². The van der Waals surface area contributed by atoms with E-state index in [2.05, 4.69) is 10.2 Å². The van der Waals surface area contributed by atoms with Crippen LogP contribution in [0, 0.1) is 0 Å². The maximum Gasteiger partial charge on any atom is 0.416 e. The largest absolute Gasteiger partial charge is 0.420 e. The molecule has 4 nitrogen and oxygen atoms in total. The first-order valence-corrected chi connectivity index (χ1v) is 8.51. The van der Waals surface area contributed by atoms with Gasteiger partial charge in [0.1, 0.15) is 0 Å². The van der Waals surface area contributed by atoms with E-state index >= 15 is 0 Å². The molecule has 0 amide bonds. The highest BCUT2D eigenvalue weighted by Crippen LogP contribution is 2.34. The molecule has 0 bridgehead atoms. The Kier molecular flexibility index (Phi) is 4.26. The molecule has 1 aliphatic rings. The number of nitrogens with zero attached hydrogens (tertiary/aromatic N) is 2. The van der Waals surface area contributed by atoms with E-state index in [-0.39, 0.29) is 5.41 Å². The second kappa shape index (κ2) is 6.49. The zero-order valence-corrected chi connectivity index (χ0v) is 14.6. The predicted molar refractivity (Wildman–Crippen MR) is 92.2 cm³/mol. The van der Waals surface area contributed by atoms with Gasteiger partial charge in [-0.25, -0.2) is 0 Å². The SMILES string of the molecule is CC1(c2nnc(-c3ccccc3Cc3ccc(C(F)(F)F)cc3)o2)COC1. The molecule has 1 saturated heterocycles. The molecule has 7 heteroatoms. The summed E-state index contributed by atoms with van der Waals surface area (Å²) in [6.07, 6.45) is -3.87. The minimum atomic E-state index is -4.34. The summed E-state index contributed by atoms with van der Waals surface area (Å²) in [5, 5.41) is 8.31. The van der Waals surface area contributed by atoms with Crippen LogP contribution in [0.3, 0.4) is 0 Å². The summed E-state index contributed by atoms with van der Waals surface area (Å²) in [7, 11) is 0. The molecule has 0 saturated carbocycles. The van der Waals surface area contributed by atoms with E-state index in [0.29, 0.717) is 31.4 Å². The van der Waals surface area contributed by atoms with E-state index in [1.165, 1.54) is 12.1 Å². The third kappa shape index (κ3) is 3.47. The number of halogens is 3. The van der Waals surface area contributed by atoms with Gasteiger partial charge in [0.05, 0.1) is 24.2 Å². The fourth-order valence-electron chi connectivity index (χ4n) is 3.02. The molecule has 27 heavy (non-hydrogen) atoms. The van der Waals surface area contributed by atoms with Gasteiger partial charge in [-0.1, -0.05) is 30.3 Å². The van der Waals surface area contributed by atoms with Crippen molar-refractivity contribution in [1.82, 2.24) is 10.2 Å². The molecule has 1 aliphatic heterocycles. The molecule has 2 heterocycles. The first kappa shape index (κ1) is 17.7. The highest BCUT2D eigenvalue weighted by molar-refractivity contribution is 5.59. The average Bonchev–Trinajstić information content (AvgIpc) is 3.10. The summed E-state index contributed by atoms with van der Waals surface area (Å²) in [6, 6.07) is 12.7.